The zero-order chi connectivity index (χ0) is 8.97. The zero-order valence-corrected chi connectivity index (χ0v) is 8.06. The van der Waals surface area contributed by atoms with Crippen molar-refractivity contribution in [3.05, 3.63) is 0 Å². The highest BCUT2D eigenvalue weighted by atomic mass is 32.1. The quantitative estimate of drug-likeness (QED) is 0.516. The maximum absolute atomic E-state index is 10.6. The third kappa shape index (κ3) is 1.94. The number of rotatable bonds is 3. The van der Waals surface area contributed by atoms with Crippen LogP contribution in [0.4, 0.5) is 0 Å². The fourth-order valence-electron chi connectivity index (χ4n) is 1.49. The highest BCUT2D eigenvalue weighted by Gasteiger charge is 2.25. The largest absolute Gasteiger partial charge is 0.378 e. The molecule has 0 radical (unpaired) electrons. The number of nitrogens with zero attached hydrogens (tertiary/aromatic N) is 1. The molecular formula is C8H14N2OS. The molecule has 1 heterocycles. The molecule has 1 amide bonds. The molecule has 0 saturated carbocycles. The van der Waals surface area contributed by atoms with Gasteiger partial charge in [-0.15, -0.1) is 0 Å². The van der Waals surface area contributed by atoms with Crippen molar-refractivity contribution in [2.75, 3.05) is 13.1 Å². The first kappa shape index (κ1) is 9.45. The van der Waals surface area contributed by atoms with Crippen molar-refractivity contribution in [1.29, 1.82) is 0 Å². The van der Waals surface area contributed by atoms with E-state index in [1.807, 2.05) is 6.92 Å². The number of amides is 1. The Hall–Kier alpha value is -0.640. The summed E-state index contributed by atoms with van der Waals surface area (Å²) in [4.78, 5) is 13.1. The van der Waals surface area contributed by atoms with Gasteiger partial charge < -0.3 is 10.2 Å². The van der Waals surface area contributed by atoms with E-state index in [-0.39, 0.29) is 6.04 Å². The summed E-state index contributed by atoms with van der Waals surface area (Å²) in [6.07, 6.45) is 2.96. The van der Waals surface area contributed by atoms with E-state index in [1.54, 1.807) is 4.90 Å². The van der Waals surface area contributed by atoms with Crippen LogP contribution in [-0.2, 0) is 4.79 Å². The molecule has 0 aliphatic carbocycles. The van der Waals surface area contributed by atoms with Crippen LogP contribution in [-0.4, -0.2) is 35.4 Å². The molecule has 1 N–H and O–H groups in total. The lowest BCUT2D eigenvalue weighted by Crippen LogP contribution is -2.41. The molecule has 1 saturated heterocycles. The van der Waals surface area contributed by atoms with E-state index in [2.05, 4.69) is 5.32 Å². The maximum atomic E-state index is 10.6. The minimum absolute atomic E-state index is 0.150. The lowest BCUT2D eigenvalue weighted by molar-refractivity contribution is -0.117. The Kier molecular flexibility index (Phi) is 3.47. The summed E-state index contributed by atoms with van der Waals surface area (Å²) in [7, 11) is 0. The Labute approximate surface area is 78.1 Å². The van der Waals surface area contributed by atoms with Crippen molar-refractivity contribution in [2.24, 2.45) is 0 Å². The molecule has 12 heavy (non-hydrogen) atoms. The van der Waals surface area contributed by atoms with Gasteiger partial charge in [-0.2, -0.15) is 0 Å². The number of hydrogen-bond acceptors (Lipinski definition) is 2. The van der Waals surface area contributed by atoms with E-state index in [0.29, 0.717) is 0 Å². The highest BCUT2D eigenvalue weighted by Crippen LogP contribution is 2.15. The van der Waals surface area contributed by atoms with Crippen LogP contribution in [0.3, 0.4) is 0 Å². The summed E-state index contributed by atoms with van der Waals surface area (Å²) in [6.45, 7) is 3.69. The normalized spacial score (nSPS) is 22.4. The molecule has 4 heteroatoms. The highest BCUT2D eigenvalue weighted by molar-refractivity contribution is 7.80. The van der Waals surface area contributed by atoms with Crippen molar-refractivity contribution in [3.63, 3.8) is 0 Å². The van der Waals surface area contributed by atoms with Crippen molar-refractivity contribution in [3.8, 4) is 0 Å². The number of hydrogen-bond donors (Lipinski definition) is 1. The van der Waals surface area contributed by atoms with Crippen LogP contribution in [0.25, 0.3) is 0 Å². The van der Waals surface area contributed by atoms with Gasteiger partial charge in [-0.25, -0.2) is 0 Å². The molecule has 0 aromatic rings. The summed E-state index contributed by atoms with van der Waals surface area (Å²) in [5.41, 5.74) is 0. The van der Waals surface area contributed by atoms with Crippen LogP contribution in [0.1, 0.15) is 19.8 Å². The monoisotopic (exact) mass is 186 g/mol. The van der Waals surface area contributed by atoms with Gasteiger partial charge in [0.1, 0.15) is 0 Å². The summed E-state index contributed by atoms with van der Waals surface area (Å²) in [5, 5.41) is 3.08. The van der Waals surface area contributed by atoms with Gasteiger partial charge in [0.15, 0.2) is 0 Å². The van der Waals surface area contributed by atoms with E-state index in [1.165, 1.54) is 0 Å². The molecule has 1 unspecified atom stereocenters. The molecular weight excluding hydrogens is 172 g/mol. The molecule has 3 nitrogen and oxygen atoms in total. The molecule has 0 bridgehead atoms. The Bertz CT molecular complexity index is 184. The van der Waals surface area contributed by atoms with Gasteiger partial charge in [0.05, 0.1) is 11.0 Å². The lowest BCUT2D eigenvalue weighted by atomic mass is 10.2. The Morgan fingerprint density at radius 3 is 3.17 bits per heavy atom. The van der Waals surface area contributed by atoms with Gasteiger partial charge in [0.25, 0.3) is 0 Å². The summed E-state index contributed by atoms with van der Waals surface area (Å²) in [6, 6.07) is 0.150. The van der Waals surface area contributed by atoms with Gasteiger partial charge in [0, 0.05) is 13.1 Å². The average molecular weight is 186 g/mol. The van der Waals surface area contributed by atoms with Gasteiger partial charge in [-0.1, -0.05) is 12.2 Å². The number of nitrogens with one attached hydrogen (secondary N) is 1. The second-order valence-electron chi connectivity index (χ2n) is 2.90. The van der Waals surface area contributed by atoms with Crippen LogP contribution in [0.15, 0.2) is 0 Å². The fraction of sp³-hybridized carbons (Fsp3) is 0.750. The Morgan fingerprint density at radius 2 is 2.58 bits per heavy atom. The predicted octanol–water partition coefficient (Wildman–Crippen LogP) is 0.544. The molecule has 1 atom stereocenters. The third-order valence-electron chi connectivity index (χ3n) is 2.08. The van der Waals surface area contributed by atoms with Crippen LogP contribution in [0, 0.1) is 0 Å². The number of carbonyl (C=O) groups is 1. The van der Waals surface area contributed by atoms with E-state index in [4.69, 9.17) is 12.2 Å². The van der Waals surface area contributed by atoms with Gasteiger partial charge in [0.2, 0.25) is 6.41 Å². The SMILES string of the molecule is CCNC(=S)C1CCCN1C=O. The van der Waals surface area contributed by atoms with Crippen LogP contribution in [0.5, 0.6) is 0 Å². The van der Waals surface area contributed by atoms with Crippen molar-refractivity contribution in [1.82, 2.24) is 10.2 Å². The summed E-state index contributed by atoms with van der Waals surface area (Å²) < 4.78 is 0. The molecule has 1 aliphatic heterocycles. The second kappa shape index (κ2) is 4.40. The Morgan fingerprint density at radius 1 is 1.83 bits per heavy atom. The summed E-state index contributed by atoms with van der Waals surface area (Å²) >= 11 is 5.14. The van der Waals surface area contributed by atoms with Gasteiger partial charge in [-0.3, -0.25) is 4.79 Å². The number of likely N-dealkylation sites (tertiary alicyclic amines) is 1. The summed E-state index contributed by atoms with van der Waals surface area (Å²) in [5.74, 6) is 0. The molecule has 1 fully saturated rings. The van der Waals surface area contributed by atoms with Crippen molar-refractivity contribution >= 4 is 23.6 Å². The van der Waals surface area contributed by atoms with Gasteiger partial charge >= 0.3 is 0 Å². The standard InChI is InChI=1S/C8H14N2OS/c1-2-9-8(12)7-4-3-5-10(7)6-11/h6-7H,2-5H2,1H3,(H,9,12). The van der Waals surface area contributed by atoms with Crippen LogP contribution < -0.4 is 5.32 Å². The first-order valence-electron chi connectivity index (χ1n) is 4.28. The van der Waals surface area contributed by atoms with Crippen molar-refractivity contribution < 1.29 is 4.79 Å². The number of carbonyl (C=O) groups excluding carboxylic acids is 1. The van der Waals surface area contributed by atoms with Crippen LogP contribution >= 0.6 is 12.2 Å². The fourth-order valence-corrected chi connectivity index (χ4v) is 1.89. The predicted molar refractivity (Wildman–Crippen MR) is 52.1 cm³/mol. The van der Waals surface area contributed by atoms with E-state index in [9.17, 15) is 4.79 Å². The first-order valence-corrected chi connectivity index (χ1v) is 4.69. The van der Waals surface area contributed by atoms with E-state index < -0.39 is 0 Å². The molecule has 0 aromatic heterocycles. The minimum atomic E-state index is 0.150. The zero-order valence-electron chi connectivity index (χ0n) is 7.25. The smallest absolute Gasteiger partial charge is 0.210 e. The molecule has 0 aromatic carbocycles. The molecule has 1 rings (SSSR count). The first-order chi connectivity index (χ1) is 5.79. The van der Waals surface area contributed by atoms with Crippen molar-refractivity contribution in [2.45, 2.75) is 25.8 Å². The minimum Gasteiger partial charge on any atom is -0.378 e. The van der Waals surface area contributed by atoms with Gasteiger partial charge in [-0.05, 0) is 19.8 Å². The molecule has 68 valence electrons. The maximum Gasteiger partial charge on any atom is 0.210 e. The second-order valence-corrected chi connectivity index (χ2v) is 3.34. The lowest BCUT2D eigenvalue weighted by Gasteiger charge is -2.20. The third-order valence-corrected chi connectivity index (χ3v) is 2.50. The number of likely N-dealkylation sites (N-methyl/N-ethyl adjacent to an activating group) is 1. The van der Waals surface area contributed by atoms with E-state index >= 15 is 0 Å². The average Bonchev–Trinajstić information content (AvgIpc) is 2.51. The Balaban J connectivity index is 2.49. The molecule has 1 aliphatic rings. The van der Waals surface area contributed by atoms with Crippen LogP contribution in [0.2, 0.25) is 0 Å². The number of thiocarbonyl (C=S) groups is 1. The van der Waals surface area contributed by atoms with E-state index in [0.717, 1.165) is 37.3 Å². The molecule has 0 spiro atoms. The topological polar surface area (TPSA) is 32.3 Å².